The predicted octanol–water partition coefficient (Wildman–Crippen LogP) is 3.00. The molecule has 0 aliphatic heterocycles. The molecule has 1 aromatic carbocycles. The van der Waals surface area contributed by atoms with Crippen LogP contribution in [0.1, 0.15) is 25.8 Å². The van der Waals surface area contributed by atoms with Crippen LogP contribution in [0.2, 0.25) is 5.02 Å². The molecule has 1 atom stereocenters. The molecule has 1 rings (SSSR count). The summed E-state index contributed by atoms with van der Waals surface area (Å²) in [4.78, 5) is 0. The van der Waals surface area contributed by atoms with Gasteiger partial charge in [0, 0.05) is 29.3 Å². The van der Waals surface area contributed by atoms with Crippen LogP contribution < -0.4 is 15.2 Å². The number of rotatable bonds is 8. The van der Waals surface area contributed by atoms with Gasteiger partial charge in [0.2, 0.25) is 0 Å². The average molecular weight is 288 g/mol. The van der Waals surface area contributed by atoms with Gasteiger partial charge in [0.25, 0.3) is 0 Å². The zero-order chi connectivity index (χ0) is 14.3. The Labute approximate surface area is 119 Å². The summed E-state index contributed by atoms with van der Waals surface area (Å²) in [5.74, 6) is 1.26. The lowest BCUT2D eigenvalue weighted by atomic mass is 10.0. The molecule has 19 heavy (non-hydrogen) atoms. The number of hydrogen-bond acceptors (Lipinski definition) is 4. The van der Waals surface area contributed by atoms with Crippen molar-refractivity contribution >= 4 is 11.6 Å². The van der Waals surface area contributed by atoms with Crippen molar-refractivity contribution < 1.29 is 14.2 Å². The third-order valence-electron chi connectivity index (χ3n) is 2.81. The first kappa shape index (κ1) is 16.1. The van der Waals surface area contributed by atoms with E-state index < -0.39 is 0 Å². The summed E-state index contributed by atoms with van der Waals surface area (Å²) in [6, 6.07) is 3.66. The lowest BCUT2D eigenvalue weighted by molar-refractivity contribution is 0.0202. The summed E-state index contributed by atoms with van der Waals surface area (Å²) in [6.45, 7) is 4.74. The van der Waals surface area contributed by atoms with Gasteiger partial charge in [-0.25, -0.2) is 0 Å². The standard InChI is InChI=1S/C14H22ClNO3/c1-4-12(16)7-10-6-11(15)8-13(17-3)14(10)19-9-18-5-2/h6,8,12H,4-5,7,9,16H2,1-3H3. The molecular weight excluding hydrogens is 266 g/mol. The maximum absolute atomic E-state index is 6.08. The number of hydrogen-bond donors (Lipinski definition) is 1. The maximum atomic E-state index is 6.08. The van der Waals surface area contributed by atoms with Crippen molar-refractivity contribution in [3.63, 3.8) is 0 Å². The minimum Gasteiger partial charge on any atom is -0.493 e. The van der Waals surface area contributed by atoms with Gasteiger partial charge in [0.05, 0.1) is 7.11 Å². The van der Waals surface area contributed by atoms with E-state index in [0.717, 1.165) is 12.0 Å². The maximum Gasteiger partial charge on any atom is 0.189 e. The van der Waals surface area contributed by atoms with Crippen molar-refractivity contribution in [3.8, 4) is 11.5 Å². The van der Waals surface area contributed by atoms with Crippen LogP contribution in [-0.2, 0) is 11.2 Å². The molecule has 4 nitrogen and oxygen atoms in total. The minimum absolute atomic E-state index is 0.0672. The molecule has 0 aliphatic carbocycles. The number of halogens is 1. The molecule has 0 heterocycles. The monoisotopic (exact) mass is 287 g/mol. The minimum atomic E-state index is 0.0672. The molecule has 2 N–H and O–H groups in total. The number of benzene rings is 1. The first-order valence-electron chi connectivity index (χ1n) is 6.44. The van der Waals surface area contributed by atoms with Gasteiger partial charge in [0.1, 0.15) is 0 Å². The fourth-order valence-corrected chi connectivity index (χ4v) is 1.93. The van der Waals surface area contributed by atoms with Crippen LogP contribution in [0.5, 0.6) is 11.5 Å². The van der Waals surface area contributed by atoms with Crippen molar-refractivity contribution in [3.05, 3.63) is 22.7 Å². The van der Waals surface area contributed by atoms with Gasteiger partial charge < -0.3 is 19.9 Å². The molecule has 0 spiro atoms. The van der Waals surface area contributed by atoms with Gasteiger partial charge in [-0.05, 0) is 25.8 Å². The van der Waals surface area contributed by atoms with Crippen molar-refractivity contribution in [2.24, 2.45) is 5.73 Å². The van der Waals surface area contributed by atoms with E-state index in [1.807, 2.05) is 19.9 Å². The Hall–Kier alpha value is -0.970. The summed E-state index contributed by atoms with van der Waals surface area (Å²) in [5.41, 5.74) is 6.94. The second-order valence-corrected chi connectivity index (χ2v) is 4.66. The highest BCUT2D eigenvalue weighted by molar-refractivity contribution is 6.30. The van der Waals surface area contributed by atoms with Crippen molar-refractivity contribution in [2.45, 2.75) is 32.7 Å². The normalized spacial score (nSPS) is 12.3. The summed E-state index contributed by atoms with van der Waals surface area (Å²) >= 11 is 6.08. The Morgan fingerprint density at radius 3 is 2.63 bits per heavy atom. The number of nitrogens with two attached hydrogens (primary N) is 1. The van der Waals surface area contributed by atoms with Crippen LogP contribution in [0, 0.1) is 0 Å². The molecule has 1 unspecified atom stereocenters. The molecule has 0 saturated carbocycles. The van der Waals surface area contributed by atoms with Crippen LogP contribution in [0.25, 0.3) is 0 Å². The first-order chi connectivity index (χ1) is 9.12. The lowest BCUT2D eigenvalue weighted by Crippen LogP contribution is -2.22. The molecule has 0 amide bonds. The van der Waals surface area contributed by atoms with Crippen LogP contribution in [0.15, 0.2) is 12.1 Å². The Balaban J connectivity index is 2.99. The molecule has 0 fully saturated rings. The van der Waals surface area contributed by atoms with Crippen LogP contribution in [0.3, 0.4) is 0 Å². The third kappa shape index (κ3) is 4.90. The second kappa shape index (κ2) is 8.25. The van der Waals surface area contributed by atoms with Gasteiger partial charge in [-0.3, -0.25) is 0 Å². The van der Waals surface area contributed by atoms with E-state index in [4.69, 9.17) is 31.5 Å². The Bertz CT molecular complexity index is 399. The largest absolute Gasteiger partial charge is 0.493 e. The second-order valence-electron chi connectivity index (χ2n) is 4.22. The topological polar surface area (TPSA) is 53.7 Å². The van der Waals surface area contributed by atoms with E-state index in [2.05, 4.69) is 0 Å². The van der Waals surface area contributed by atoms with Gasteiger partial charge in [-0.1, -0.05) is 18.5 Å². The van der Waals surface area contributed by atoms with E-state index >= 15 is 0 Å². The fraction of sp³-hybridized carbons (Fsp3) is 0.571. The summed E-state index contributed by atoms with van der Waals surface area (Å²) in [7, 11) is 1.59. The fourth-order valence-electron chi connectivity index (χ4n) is 1.70. The summed E-state index contributed by atoms with van der Waals surface area (Å²) < 4.78 is 16.2. The van der Waals surface area contributed by atoms with Crippen LogP contribution in [0.4, 0.5) is 0 Å². The quantitative estimate of drug-likeness (QED) is 0.590. The average Bonchev–Trinajstić information content (AvgIpc) is 2.40. The van der Waals surface area contributed by atoms with Gasteiger partial charge >= 0.3 is 0 Å². The summed E-state index contributed by atoms with van der Waals surface area (Å²) in [6.07, 6.45) is 1.58. The molecule has 0 aromatic heterocycles. The van der Waals surface area contributed by atoms with E-state index in [1.54, 1.807) is 13.2 Å². The van der Waals surface area contributed by atoms with Gasteiger partial charge in [-0.2, -0.15) is 0 Å². The molecule has 5 heteroatoms. The smallest absolute Gasteiger partial charge is 0.189 e. The predicted molar refractivity (Wildman–Crippen MR) is 77.1 cm³/mol. The Morgan fingerprint density at radius 1 is 1.32 bits per heavy atom. The molecular formula is C14H22ClNO3. The van der Waals surface area contributed by atoms with Gasteiger partial charge in [0.15, 0.2) is 18.3 Å². The van der Waals surface area contributed by atoms with Crippen molar-refractivity contribution in [2.75, 3.05) is 20.5 Å². The summed E-state index contributed by atoms with van der Waals surface area (Å²) in [5, 5.41) is 0.610. The highest BCUT2D eigenvalue weighted by atomic mass is 35.5. The first-order valence-corrected chi connectivity index (χ1v) is 6.82. The molecule has 108 valence electrons. The lowest BCUT2D eigenvalue weighted by Gasteiger charge is -2.17. The van der Waals surface area contributed by atoms with Crippen LogP contribution >= 0.6 is 11.6 Å². The highest BCUT2D eigenvalue weighted by Crippen LogP contribution is 2.35. The van der Waals surface area contributed by atoms with E-state index in [0.29, 0.717) is 29.5 Å². The number of ether oxygens (including phenoxy) is 3. The zero-order valence-corrected chi connectivity index (χ0v) is 12.5. The molecule has 0 radical (unpaired) electrons. The van der Waals surface area contributed by atoms with E-state index in [1.165, 1.54) is 0 Å². The van der Waals surface area contributed by atoms with Crippen molar-refractivity contribution in [1.82, 2.24) is 0 Å². The highest BCUT2D eigenvalue weighted by Gasteiger charge is 2.15. The molecule has 0 bridgehead atoms. The Kier molecular flexibility index (Phi) is 6.99. The molecule has 1 aromatic rings. The molecule has 0 aliphatic rings. The number of methoxy groups -OCH3 is 1. The SMILES string of the molecule is CCOCOc1c(CC(N)CC)cc(Cl)cc1OC. The van der Waals surface area contributed by atoms with E-state index in [-0.39, 0.29) is 12.8 Å². The third-order valence-corrected chi connectivity index (χ3v) is 3.03. The molecule has 0 saturated heterocycles. The van der Waals surface area contributed by atoms with Crippen molar-refractivity contribution in [1.29, 1.82) is 0 Å². The van der Waals surface area contributed by atoms with E-state index in [9.17, 15) is 0 Å². The van der Waals surface area contributed by atoms with Crippen LogP contribution in [-0.4, -0.2) is 26.6 Å². The Morgan fingerprint density at radius 2 is 2.05 bits per heavy atom. The van der Waals surface area contributed by atoms with Gasteiger partial charge in [-0.15, -0.1) is 0 Å². The zero-order valence-electron chi connectivity index (χ0n) is 11.7.